The first-order valence-electron chi connectivity index (χ1n) is 11.0. The zero-order valence-corrected chi connectivity index (χ0v) is 18.0. The highest BCUT2D eigenvalue weighted by atomic mass is 19.1. The molecule has 0 aliphatic carbocycles. The monoisotopic (exact) mass is 424 g/mol. The molecule has 3 aromatic rings. The van der Waals surface area contributed by atoms with E-state index >= 15 is 0 Å². The minimum atomic E-state index is -0.232. The number of nitrogens with zero attached hydrogens (tertiary/aromatic N) is 3. The third-order valence-electron chi connectivity index (χ3n) is 6.17. The van der Waals surface area contributed by atoms with Gasteiger partial charge in [0.1, 0.15) is 11.6 Å². The summed E-state index contributed by atoms with van der Waals surface area (Å²) in [5.74, 6) is 0.292. The number of nitrogens with one attached hydrogen (secondary N) is 1. The van der Waals surface area contributed by atoms with Crippen molar-refractivity contribution in [1.29, 1.82) is 0 Å². The van der Waals surface area contributed by atoms with Crippen LogP contribution < -0.4 is 0 Å². The van der Waals surface area contributed by atoms with Gasteiger partial charge in [0, 0.05) is 30.8 Å². The number of piperidine rings is 1. The second kappa shape index (κ2) is 10.2. The second-order valence-corrected chi connectivity index (χ2v) is 8.64. The highest BCUT2D eigenvalue weighted by Gasteiger charge is 2.21. The molecule has 0 saturated carbocycles. The molecule has 1 aliphatic heterocycles. The van der Waals surface area contributed by atoms with Crippen LogP contribution in [-0.4, -0.2) is 53.2 Å². The summed E-state index contributed by atoms with van der Waals surface area (Å²) in [5, 5.41) is 7.26. The predicted molar refractivity (Wildman–Crippen MR) is 120 cm³/mol. The molecule has 0 amide bonds. The van der Waals surface area contributed by atoms with Gasteiger partial charge in [-0.2, -0.15) is 5.10 Å². The van der Waals surface area contributed by atoms with E-state index in [1.807, 2.05) is 12.3 Å². The van der Waals surface area contributed by atoms with Crippen molar-refractivity contribution in [3.63, 3.8) is 0 Å². The van der Waals surface area contributed by atoms with Gasteiger partial charge >= 0.3 is 0 Å². The lowest BCUT2D eigenvalue weighted by atomic mass is 9.95. The van der Waals surface area contributed by atoms with Crippen LogP contribution in [0.3, 0.4) is 0 Å². The molecule has 1 fully saturated rings. The Balaban J connectivity index is 1.23. The van der Waals surface area contributed by atoms with Gasteiger partial charge in [-0.05, 0) is 87.3 Å². The molecule has 4 nitrogen and oxygen atoms in total. The fourth-order valence-electron chi connectivity index (χ4n) is 4.47. The minimum absolute atomic E-state index is 0.153. The molecule has 0 radical (unpaired) electrons. The van der Waals surface area contributed by atoms with Gasteiger partial charge in [-0.15, -0.1) is 0 Å². The highest BCUT2D eigenvalue weighted by Crippen LogP contribution is 2.24. The Morgan fingerprint density at radius 1 is 1.06 bits per heavy atom. The van der Waals surface area contributed by atoms with Gasteiger partial charge in [0.05, 0.1) is 11.9 Å². The Bertz CT molecular complexity index is 962. The topological polar surface area (TPSA) is 35.2 Å². The van der Waals surface area contributed by atoms with Crippen LogP contribution >= 0.6 is 0 Å². The van der Waals surface area contributed by atoms with Gasteiger partial charge < -0.3 is 9.80 Å². The van der Waals surface area contributed by atoms with E-state index in [0.717, 1.165) is 61.5 Å². The van der Waals surface area contributed by atoms with Crippen LogP contribution in [-0.2, 0) is 13.0 Å². The fourth-order valence-corrected chi connectivity index (χ4v) is 4.47. The number of halogens is 2. The van der Waals surface area contributed by atoms with Gasteiger partial charge in [-0.3, -0.25) is 5.10 Å². The maximum Gasteiger partial charge on any atom is 0.123 e. The first kappa shape index (κ1) is 21.7. The fraction of sp³-hybridized carbons (Fsp3) is 0.400. The van der Waals surface area contributed by atoms with Crippen molar-refractivity contribution < 1.29 is 8.78 Å². The Kier molecular flexibility index (Phi) is 7.10. The van der Waals surface area contributed by atoms with Gasteiger partial charge in [0.25, 0.3) is 0 Å². The number of hydrogen-bond donors (Lipinski definition) is 1. The standard InChI is InChI=1S/C25H30F2N4/c1-30(18-22-16-28-29-25(22)21-5-7-23(26)8-6-21)17-20-10-13-31(14-11-20)12-9-19-3-2-4-24(27)15-19/h2-8,15-16,20H,9-14,17-18H2,1H3,(H,28,29). The van der Waals surface area contributed by atoms with Crippen LogP contribution in [0.2, 0.25) is 0 Å². The molecule has 2 aromatic carbocycles. The SMILES string of the molecule is CN(Cc1cn[nH]c1-c1ccc(F)cc1)CC1CCN(CCc2cccc(F)c2)CC1. The van der Waals surface area contributed by atoms with E-state index < -0.39 is 0 Å². The summed E-state index contributed by atoms with van der Waals surface area (Å²) in [7, 11) is 2.15. The number of aromatic nitrogens is 2. The zero-order valence-electron chi connectivity index (χ0n) is 18.0. The molecule has 1 N–H and O–H groups in total. The molecule has 6 heteroatoms. The number of rotatable bonds is 8. The minimum Gasteiger partial charge on any atom is -0.303 e. The summed E-state index contributed by atoms with van der Waals surface area (Å²) in [6, 6.07) is 13.4. The van der Waals surface area contributed by atoms with Crippen molar-refractivity contribution in [3.8, 4) is 11.3 Å². The lowest BCUT2D eigenvalue weighted by Gasteiger charge is -2.34. The Morgan fingerprint density at radius 3 is 2.58 bits per heavy atom. The van der Waals surface area contributed by atoms with E-state index in [0.29, 0.717) is 5.92 Å². The molecule has 0 unspecified atom stereocenters. The van der Waals surface area contributed by atoms with Crippen LogP contribution in [0.1, 0.15) is 24.0 Å². The van der Waals surface area contributed by atoms with E-state index in [1.165, 1.54) is 31.0 Å². The molecule has 1 aliphatic rings. The number of likely N-dealkylation sites (tertiary alicyclic amines) is 1. The number of aromatic amines is 1. The maximum absolute atomic E-state index is 13.3. The van der Waals surface area contributed by atoms with Crippen molar-refractivity contribution in [2.75, 3.05) is 33.2 Å². The molecule has 31 heavy (non-hydrogen) atoms. The normalized spacial score (nSPS) is 15.6. The zero-order chi connectivity index (χ0) is 21.6. The average molecular weight is 425 g/mol. The quantitative estimate of drug-likeness (QED) is 0.567. The third kappa shape index (κ3) is 5.99. The van der Waals surface area contributed by atoms with Gasteiger partial charge in [-0.25, -0.2) is 8.78 Å². The summed E-state index contributed by atoms with van der Waals surface area (Å²) >= 11 is 0. The number of hydrogen-bond acceptors (Lipinski definition) is 3. The highest BCUT2D eigenvalue weighted by molar-refractivity contribution is 5.62. The average Bonchev–Trinajstić information content (AvgIpc) is 3.22. The lowest BCUT2D eigenvalue weighted by molar-refractivity contribution is 0.153. The molecule has 1 saturated heterocycles. The summed E-state index contributed by atoms with van der Waals surface area (Å²) in [6.45, 7) is 5.04. The summed E-state index contributed by atoms with van der Waals surface area (Å²) in [5.41, 5.74) is 4.11. The van der Waals surface area contributed by atoms with Crippen LogP contribution in [0.15, 0.2) is 54.7 Å². The molecule has 164 valence electrons. The van der Waals surface area contributed by atoms with E-state index in [4.69, 9.17) is 0 Å². The molecule has 0 spiro atoms. The van der Waals surface area contributed by atoms with Crippen molar-refractivity contribution >= 4 is 0 Å². The first-order chi connectivity index (χ1) is 15.1. The predicted octanol–water partition coefficient (Wildman–Crippen LogP) is 4.74. The third-order valence-corrected chi connectivity index (χ3v) is 6.17. The largest absolute Gasteiger partial charge is 0.303 e. The van der Waals surface area contributed by atoms with E-state index in [-0.39, 0.29) is 11.6 Å². The molecule has 0 atom stereocenters. The molecular weight excluding hydrogens is 394 g/mol. The van der Waals surface area contributed by atoms with Gasteiger partial charge in [-0.1, -0.05) is 12.1 Å². The van der Waals surface area contributed by atoms with Crippen molar-refractivity contribution in [1.82, 2.24) is 20.0 Å². The van der Waals surface area contributed by atoms with Crippen LogP contribution in [0, 0.1) is 17.6 Å². The first-order valence-corrected chi connectivity index (χ1v) is 11.0. The molecule has 1 aromatic heterocycles. The van der Waals surface area contributed by atoms with Crippen LogP contribution in [0.25, 0.3) is 11.3 Å². The van der Waals surface area contributed by atoms with Gasteiger partial charge in [0.15, 0.2) is 0 Å². The van der Waals surface area contributed by atoms with Crippen LogP contribution in [0.5, 0.6) is 0 Å². The number of benzene rings is 2. The number of H-pyrrole nitrogens is 1. The van der Waals surface area contributed by atoms with Crippen molar-refractivity contribution in [3.05, 3.63) is 77.5 Å². The van der Waals surface area contributed by atoms with E-state index in [9.17, 15) is 8.78 Å². The Hall–Kier alpha value is -2.57. The smallest absolute Gasteiger partial charge is 0.123 e. The van der Waals surface area contributed by atoms with Gasteiger partial charge in [0.2, 0.25) is 0 Å². The van der Waals surface area contributed by atoms with E-state index in [2.05, 4.69) is 27.0 Å². The summed E-state index contributed by atoms with van der Waals surface area (Å²) < 4.78 is 26.6. The second-order valence-electron chi connectivity index (χ2n) is 8.64. The molecule has 2 heterocycles. The Labute approximate surface area is 182 Å². The van der Waals surface area contributed by atoms with Crippen molar-refractivity contribution in [2.45, 2.75) is 25.8 Å². The molecule has 4 rings (SSSR count). The lowest BCUT2D eigenvalue weighted by Crippen LogP contribution is -2.38. The maximum atomic E-state index is 13.3. The van der Waals surface area contributed by atoms with Crippen LogP contribution in [0.4, 0.5) is 8.78 Å². The summed E-state index contributed by atoms with van der Waals surface area (Å²) in [6.07, 6.45) is 5.13. The van der Waals surface area contributed by atoms with E-state index in [1.54, 1.807) is 24.3 Å². The molecular formula is C25H30F2N4. The summed E-state index contributed by atoms with van der Waals surface area (Å²) in [4.78, 5) is 4.84. The Morgan fingerprint density at radius 2 is 1.84 bits per heavy atom. The molecule has 0 bridgehead atoms. The van der Waals surface area contributed by atoms with Crippen molar-refractivity contribution in [2.24, 2.45) is 5.92 Å².